The number of pyridine rings is 1. The van der Waals surface area contributed by atoms with Crippen LogP contribution in [0.2, 0.25) is 0 Å². The molecule has 35 heavy (non-hydrogen) atoms. The second kappa shape index (κ2) is 7.96. The van der Waals surface area contributed by atoms with Crippen LogP contribution in [0.3, 0.4) is 0 Å². The molecule has 0 spiro atoms. The van der Waals surface area contributed by atoms with E-state index in [1.807, 2.05) is 19.9 Å². The third-order valence-electron chi connectivity index (χ3n) is 6.67. The molecule has 0 amide bonds. The number of aromatic nitrogens is 5. The number of hydrogen-bond acceptors (Lipinski definition) is 7. The largest absolute Gasteiger partial charge is 0.383 e. The SMILES string of the molecule is CC(C)n1c(=O)c2cnc(Nc3ccc4c(c3)CNCC4)nc2n1-c1ccc(F)c(C2(O)CC2)n1. The van der Waals surface area contributed by atoms with E-state index in [-0.39, 0.29) is 17.3 Å². The zero-order valence-electron chi connectivity index (χ0n) is 19.5. The Hall–Kier alpha value is -3.63. The Morgan fingerprint density at radius 1 is 1.17 bits per heavy atom. The van der Waals surface area contributed by atoms with Gasteiger partial charge in [-0.25, -0.2) is 23.7 Å². The van der Waals surface area contributed by atoms with Crippen molar-refractivity contribution in [1.29, 1.82) is 0 Å². The highest BCUT2D eigenvalue weighted by molar-refractivity contribution is 5.77. The Balaban J connectivity index is 1.47. The summed E-state index contributed by atoms with van der Waals surface area (Å²) in [6.45, 7) is 5.54. The number of aliphatic hydroxyl groups is 1. The first-order valence-electron chi connectivity index (χ1n) is 11.8. The van der Waals surface area contributed by atoms with E-state index in [2.05, 4.69) is 37.7 Å². The lowest BCUT2D eigenvalue weighted by atomic mass is 10.0. The summed E-state index contributed by atoms with van der Waals surface area (Å²) >= 11 is 0. The molecule has 4 heterocycles. The van der Waals surface area contributed by atoms with Gasteiger partial charge in [0.1, 0.15) is 22.5 Å². The second-order valence-corrected chi connectivity index (χ2v) is 9.55. The maximum absolute atomic E-state index is 14.5. The molecule has 6 rings (SSSR count). The predicted molar refractivity (Wildman–Crippen MR) is 130 cm³/mol. The highest BCUT2D eigenvalue weighted by atomic mass is 19.1. The minimum atomic E-state index is -1.25. The Morgan fingerprint density at radius 2 is 2.00 bits per heavy atom. The summed E-state index contributed by atoms with van der Waals surface area (Å²) in [6, 6.07) is 8.72. The topological polar surface area (TPSA) is 110 Å². The number of halogens is 1. The van der Waals surface area contributed by atoms with E-state index in [1.54, 1.807) is 4.68 Å². The van der Waals surface area contributed by atoms with Crippen molar-refractivity contribution in [3.63, 3.8) is 0 Å². The molecule has 3 N–H and O–H groups in total. The number of nitrogens with one attached hydrogen (secondary N) is 2. The monoisotopic (exact) mass is 475 g/mol. The van der Waals surface area contributed by atoms with Gasteiger partial charge in [0.2, 0.25) is 5.95 Å². The van der Waals surface area contributed by atoms with Gasteiger partial charge in [-0.3, -0.25) is 4.79 Å². The lowest BCUT2D eigenvalue weighted by Crippen LogP contribution is -2.25. The zero-order chi connectivity index (χ0) is 24.3. The van der Waals surface area contributed by atoms with E-state index in [4.69, 9.17) is 0 Å². The van der Waals surface area contributed by atoms with Crippen LogP contribution in [-0.2, 0) is 18.6 Å². The van der Waals surface area contributed by atoms with Gasteiger partial charge in [0.05, 0.1) is 0 Å². The standard InChI is InChI=1S/C25H26FN7O2/c1-14(2)32-23(34)18-13-28-24(29-17-4-3-15-7-10-27-12-16(15)11-17)31-22(18)33(32)20-6-5-19(26)21(30-20)25(35)8-9-25/h3-6,11,13-14,27,35H,7-10,12H2,1-2H3,(H,28,29,31). The van der Waals surface area contributed by atoms with Crippen LogP contribution in [0.4, 0.5) is 16.0 Å². The van der Waals surface area contributed by atoms with Crippen molar-refractivity contribution in [3.05, 3.63) is 69.5 Å². The molecule has 9 nitrogen and oxygen atoms in total. The van der Waals surface area contributed by atoms with Crippen molar-refractivity contribution in [2.45, 2.75) is 51.3 Å². The normalized spacial score (nSPS) is 16.5. The lowest BCUT2D eigenvalue weighted by molar-refractivity contribution is 0.141. The molecule has 0 bridgehead atoms. The van der Waals surface area contributed by atoms with Crippen LogP contribution in [0.1, 0.15) is 49.6 Å². The Bertz CT molecular complexity index is 1520. The fourth-order valence-corrected chi connectivity index (χ4v) is 4.66. The second-order valence-electron chi connectivity index (χ2n) is 9.55. The zero-order valence-corrected chi connectivity index (χ0v) is 19.5. The quantitative estimate of drug-likeness (QED) is 0.407. The average Bonchev–Trinajstić information content (AvgIpc) is 3.53. The molecule has 1 saturated carbocycles. The summed E-state index contributed by atoms with van der Waals surface area (Å²) in [5.74, 6) is 0.0774. The summed E-state index contributed by atoms with van der Waals surface area (Å²) in [5.41, 5.74) is 2.23. The number of nitrogens with zero attached hydrogens (tertiary/aromatic N) is 5. The summed E-state index contributed by atoms with van der Waals surface area (Å²) in [5, 5.41) is 17.5. The van der Waals surface area contributed by atoms with Crippen molar-refractivity contribution < 1.29 is 9.50 Å². The van der Waals surface area contributed by atoms with Gasteiger partial charge < -0.3 is 15.7 Å². The molecule has 1 fully saturated rings. The van der Waals surface area contributed by atoms with Crippen LogP contribution in [-0.4, -0.2) is 36.0 Å². The van der Waals surface area contributed by atoms with E-state index >= 15 is 0 Å². The van der Waals surface area contributed by atoms with Gasteiger partial charge in [-0.1, -0.05) is 6.07 Å². The first-order chi connectivity index (χ1) is 16.8. The van der Waals surface area contributed by atoms with Crippen LogP contribution >= 0.6 is 0 Å². The number of benzene rings is 1. The molecular formula is C25H26FN7O2. The van der Waals surface area contributed by atoms with E-state index in [0.29, 0.717) is 35.6 Å². The third-order valence-corrected chi connectivity index (χ3v) is 6.67. The molecule has 4 aromatic rings. The fraction of sp³-hybridized carbons (Fsp3) is 0.360. The minimum absolute atomic E-state index is 0.00493. The molecule has 1 aliphatic carbocycles. The third kappa shape index (κ3) is 3.69. The molecular weight excluding hydrogens is 449 g/mol. The molecule has 0 radical (unpaired) electrons. The number of anilines is 2. The van der Waals surface area contributed by atoms with Crippen molar-refractivity contribution in [2.24, 2.45) is 0 Å². The van der Waals surface area contributed by atoms with Gasteiger partial charge in [0.15, 0.2) is 11.5 Å². The summed E-state index contributed by atoms with van der Waals surface area (Å²) < 4.78 is 17.6. The van der Waals surface area contributed by atoms with Crippen molar-refractivity contribution >= 4 is 22.7 Å². The first kappa shape index (κ1) is 21.9. The van der Waals surface area contributed by atoms with Crippen molar-refractivity contribution in [3.8, 4) is 5.82 Å². The predicted octanol–water partition coefficient (Wildman–Crippen LogP) is 3.07. The fourth-order valence-electron chi connectivity index (χ4n) is 4.66. The summed E-state index contributed by atoms with van der Waals surface area (Å²) in [7, 11) is 0. The highest BCUT2D eigenvalue weighted by Gasteiger charge is 2.46. The Labute approximate surface area is 200 Å². The molecule has 0 saturated heterocycles. The highest BCUT2D eigenvalue weighted by Crippen LogP contribution is 2.45. The van der Waals surface area contributed by atoms with Crippen LogP contribution in [0.25, 0.3) is 16.9 Å². The van der Waals surface area contributed by atoms with Gasteiger partial charge in [0.25, 0.3) is 5.56 Å². The van der Waals surface area contributed by atoms with E-state index < -0.39 is 11.4 Å². The number of hydrogen-bond donors (Lipinski definition) is 3. The molecule has 3 aromatic heterocycles. The van der Waals surface area contributed by atoms with Crippen LogP contribution in [0.5, 0.6) is 0 Å². The van der Waals surface area contributed by atoms with Crippen molar-refractivity contribution in [1.82, 2.24) is 29.6 Å². The number of fused-ring (bicyclic) bond motifs is 2. The lowest BCUT2D eigenvalue weighted by Gasteiger charge is -2.18. The van der Waals surface area contributed by atoms with E-state index in [0.717, 1.165) is 25.2 Å². The van der Waals surface area contributed by atoms with Gasteiger partial charge >= 0.3 is 0 Å². The Kier molecular flexibility index (Phi) is 4.97. The maximum atomic E-state index is 14.5. The molecule has 10 heteroatoms. The summed E-state index contributed by atoms with van der Waals surface area (Å²) in [6.07, 6.45) is 3.41. The van der Waals surface area contributed by atoms with Crippen molar-refractivity contribution in [2.75, 3.05) is 11.9 Å². The molecule has 180 valence electrons. The van der Waals surface area contributed by atoms with E-state index in [9.17, 15) is 14.3 Å². The van der Waals surface area contributed by atoms with Gasteiger partial charge in [-0.2, -0.15) is 4.98 Å². The van der Waals surface area contributed by atoms with Crippen LogP contribution < -0.4 is 16.2 Å². The molecule has 0 unspecified atom stereocenters. The Morgan fingerprint density at radius 3 is 2.77 bits per heavy atom. The molecule has 0 atom stereocenters. The van der Waals surface area contributed by atoms with Crippen LogP contribution in [0, 0.1) is 5.82 Å². The average molecular weight is 476 g/mol. The van der Waals surface area contributed by atoms with Gasteiger partial charge in [-0.15, -0.1) is 0 Å². The molecule has 2 aliphatic rings. The van der Waals surface area contributed by atoms with Gasteiger partial charge in [0, 0.05) is 24.5 Å². The summed E-state index contributed by atoms with van der Waals surface area (Å²) in [4.78, 5) is 26.7. The number of rotatable bonds is 5. The maximum Gasteiger partial charge on any atom is 0.278 e. The minimum Gasteiger partial charge on any atom is -0.383 e. The molecule has 1 aliphatic heterocycles. The van der Waals surface area contributed by atoms with E-state index in [1.165, 1.54) is 34.1 Å². The van der Waals surface area contributed by atoms with Gasteiger partial charge in [-0.05, 0) is 75.0 Å². The smallest absolute Gasteiger partial charge is 0.278 e. The first-order valence-corrected chi connectivity index (χ1v) is 11.8. The van der Waals surface area contributed by atoms with Crippen LogP contribution in [0.15, 0.2) is 41.3 Å². The molecule has 1 aromatic carbocycles.